The van der Waals surface area contributed by atoms with Gasteiger partial charge in [-0.2, -0.15) is 0 Å². The molecule has 0 saturated carbocycles. The Balaban J connectivity index is 0.00000169. The van der Waals surface area contributed by atoms with E-state index >= 15 is 0 Å². The summed E-state index contributed by atoms with van der Waals surface area (Å²) in [6.07, 6.45) is 1.21. The normalized spacial score (nSPS) is 10.7. The minimum atomic E-state index is -3.07. The molecule has 1 aromatic rings. The lowest BCUT2D eigenvalue weighted by atomic mass is 10.2. The first-order valence-electron chi connectivity index (χ1n) is 3.97. The molecule has 0 bridgehead atoms. The lowest BCUT2D eigenvalue weighted by molar-refractivity contribution is 0.601. The minimum Gasteiger partial charge on any atom is -0.316 e. The number of nitrogens with one attached hydrogen (secondary N) is 1. The molecule has 0 aliphatic rings. The molecule has 0 fully saturated rings. The molecule has 0 heterocycles. The summed E-state index contributed by atoms with van der Waals surface area (Å²) < 4.78 is 22.3. The predicted octanol–water partition coefficient (Wildman–Crippen LogP) is 1.23. The molecule has 1 rings (SSSR count). The maximum absolute atomic E-state index is 11.2. The Morgan fingerprint density at radius 2 is 2.00 bits per heavy atom. The molecule has 5 heteroatoms. The zero-order valence-electron chi connectivity index (χ0n) is 8.15. The smallest absolute Gasteiger partial charge is 0.175 e. The summed E-state index contributed by atoms with van der Waals surface area (Å²) in [7, 11) is -1.24. The van der Waals surface area contributed by atoms with Crippen molar-refractivity contribution in [2.45, 2.75) is 11.4 Å². The molecule has 0 aliphatic carbocycles. The Kier molecular flexibility index (Phi) is 5.12. The van der Waals surface area contributed by atoms with Crippen LogP contribution in [0.25, 0.3) is 0 Å². The highest BCUT2D eigenvalue weighted by Crippen LogP contribution is 2.10. The van der Waals surface area contributed by atoms with Gasteiger partial charge < -0.3 is 5.32 Å². The monoisotopic (exact) mass is 235 g/mol. The van der Waals surface area contributed by atoms with Crippen LogP contribution in [-0.2, 0) is 16.4 Å². The third-order valence-electron chi connectivity index (χ3n) is 1.71. The van der Waals surface area contributed by atoms with Crippen molar-refractivity contribution in [1.82, 2.24) is 5.32 Å². The van der Waals surface area contributed by atoms with E-state index in [1.54, 1.807) is 18.2 Å². The van der Waals surface area contributed by atoms with Gasteiger partial charge in [0.2, 0.25) is 0 Å². The van der Waals surface area contributed by atoms with E-state index in [2.05, 4.69) is 5.32 Å². The van der Waals surface area contributed by atoms with Crippen LogP contribution in [0.2, 0.25) is 0 Å². The molecule has 0 spiro atoms. The van der Waals surface area contributed by atoms with Crippen molar-refractivity contribution in [3.05, 3.63) is 29.8 Å². The summed E-state index contributed by atoms with van der Waals surface area (Å²) in [6, 6.07) is 6.94. The van der Waals surface area contributed by atoms with E-state index in [0.29, 0.717) is 11.4 Å². The van der Waals surface area contributed by atoms with Gasteiger partial charge in [0.15, 0.2) is 9.84 Å². The van der Waals surface area contributed by atoms with E-state index < -0.39 is 9.84 Å². The SMILES string of the molecule is CNCc1cccc(S(C)(=O)=O)c1.Cl. The maximum atomic E-state index is 11.2. The van der Waals surface area contributed by atoms with Gasteiger partial charge in [-0.05, 0) is 24.7 Å². The number of hydrogen-bond acceptors (Lipinski definition) is 3. The Hall–Kier alpha value is -0.580. The van der Waals surface area contributed by atoms with Crippen molar-refractivity contribution >= 4 is 22.2 Å². The molecule has 1 N–H and O–H groups in total. The minimum absolute atomic E-state index is 0. The van der Waals surface area contributed by atoms with Crippen molar-refractivity contribution < 1.29 is 8.42 Å². The first kappa shape index (κ1) is 13.4. The average Bonchev–Trinajstić information content (AvgIpc) is 2.04. The molecule has 0 atom stereocenters. The average molecular weight is 236 g/mol. The summed E-state index contributed by atoms with van der Waals surface area (Å²) in [5.74, 6) is 0. The fraction of sp³-hybridized carbons (Fsp3) is 0.333. The van der Waals surface area contributed by atoms with E-state index in [1.807, 2.05) is 13.1 Å². The van der Waals surface area contributed by atoms with Gasteiger partial charge in [-0.3, -0.25) is 0 Å². The highest BCUT2D eigenvalue weighted by atomic mass is 35.5. The molecule has 14 heavy (non-hydrogen) atoms. The van der Waals surface area contributed by atoms with Gasteiger partial charge >= 0.3 is 0 Å². The summed E-state index contributed by atoms with van der Waals surface area (Å²) in [4.78, 5) is 0.375. The first-order valence-corrected chi connectivity index (χ1v) is 5.87. The van der Waals surface area contributed by atoms with Crippen molar-refractivity contribution in [2.24, 2.45) is 0 Å². The van der Waals surface area contributed by atoms with Crippen molar-refractivity contribution in [2.75, 3.05) is 13.3 Å². The topological polar surface area (TPSA) is 46.2 Å². The Morgan fingerprint density at radius 1 is 1.36 bits per heavy atom. The molecule has 80 valence electrons. The lowest BCUT2D eigenvalue weighted by Gasteiger charge is -2.02. The third-order valence-corrected chi connectivity index (χ3v) is 2.82. The van der Waals surface area contributed by atoms with E-state index in [0.717, 1.165) is 5.56 Å². The van der Waals surface area contributed by atoms with Crippen LogP contribution in [0.3, 0.4) is 0 Å². The van der Waals surface area contributed by atoms with Crippen LogP contribution >= 0.6 is 12.4 Å². The highest BCUT2D eigenvalue weighted by molar-refractivity contribution is 7.90. The predicted molar refractivity (Wildman–Crippen MR) is 59.6 cm³/mol. The van der Waals surface area contributed by atoms with Gasteiger partial charge in [-0.15, -0.1) is 12.4 Å². The standard InChI is InChI=1S/C9H13NO2S.ClH/c1-10-7-8-4-3-5-9(6-8)13(2,11)12;/h3-6,10H,7H2,1-2H3;1H. The summed E-state index contributed by atoms with van der Waals surface area (Å²) in [5, 5.41) is 2.97. The number of sulfone groups is 1. The number of rotatable bonds is 3. The fourth-order valence-electron chi connectivity index (χ4n) is 1.09. The summed E-state index contributed by atoms with van der Waals surface area (Å²) >= 11 is 0. The van der Waals surface area contributed by atoms with Crippen LogP contribution in [0.5, 0.6) is 0 Å². The van der Waals surface area contributed by atoms with E-state index in [1.165, 1.54) is 6.26 Å². The second-order valence-electron chi connectivity index (χ2n) is 2.95. The van der Waals surface area contributed by atoms with Crippen LogP contribution in [0.1, 0.15) is 5.56 Å². The molecule has 1 aromatic carbocycles. The van der Waals surface area contributed by atoms with E-state index in [-0.39, 0.29) is 12.4 Å². The van der Waals surface area contributed by atoms with Gasteiger partial charge in [0, 0.05) is 12.8 Å². The molecule has 0 saturated heterocycles. The van der Waals surface area contributed by atoms with Crippen LogP contribution in [0, 0.1) is 0 Å². The van der Waals surface area contributed by atoms with Gasteiger partial charge in [0.1, 0.15) is 0 Å². The van der Waals surface area contributed by atoms with Crippen LogP contribution in [-0.4, -0.2) is 21.7 Å². The van der Waals surface area contributed by atoms with Crippen molar-refractivity contribution in [3.8, 4) is 0 Å². The fourth-order valence-corrected chi connectivity index (χ4v) is 1.78. The molecule has 3 nitrogen and oxygen atoms in total. The zero-order chi connectivity index (χ0) is 9.90. The van der Waals surface area contributed by atoms with Crippen molar-refractivity contribution in [3.63, 3.8) is 0 Å². The van der Waals surface area contributed by atoms with Gasteiger partial charge in [0.25, 0.3) is 0 Å². The quantitative estimate of drug-likeness (QED) is 0.857. The molecular formula is C9H14ClNO2S. The van der Waals surface area contributed by atoms with E-state index in [4.69, 9.17) is 0 Å². The van der Waals surface area contributed by atoms with Crippen molar-refractivity contribution in [1.29, 1.82) is 0 Å². The molecule has 0 radical (unpaired) electrons. The highest BCUT2D eigenvalue weighted by Gasteiger charge is 2.06. The Labute approximate surface area is 90.9 Å². The van der Waals surface area contributed by atoms with Gasteiger partial charge in [-0.1, -0.05) is 12.1 Å². The molecular weight excluding hydrogens is 222 g/mol. The number of halogens is 1. The Morgan fingerprint density at radius 3 is 2.50 bits per heavy atom. The molecule has 0 unspecified atom stereocenters. The number of hydrogen-bond donors (Lipinski definition) is 1. The van der Waals surface area contributed by atoms with Gasteiger partial charge in [0.05, 0.1) is 4.90 Å². The molecule has 0 amide bonds. The van der Waals surface area contributed by atoms with Crippen LogP contribution in [0.4, 0.5) is 0 Å². The zero-order valence-corrected chi connectivity index (χ0v) is 9.78. The lowest BCUT2D eigenvalue weighted by Crippen LogP contribution is -2.06. The first-order chi connectivity index (χ1) is 6.04. The maximum Gasteiger partial charge on any atom is 0.175 e. The largest absolute Gasteiger partial charge is 0.316 e. The molecule has 0 aromatic heterocycles. The molecule has 0 aliphatic heterocycles. The van der Waals surface area contributed by atoms with Crippen LogP contribution < -0.4 is 5.32 Å². The number of benzene rings is 1. The summed E-state index contributed by atoms with van der Waals surface area (Å²) in [6.45, 7) is 0.684. The van der Waals surface area contributed by atoms with Crippen LogP contribution in [0.15, 0.2) is 29.2 Å². The Bertz CT molecular complexity index is 390. The second-order valence-corrected chi connectivity index (χ2v) is 4.97. The van der Waals surface area contributed by atoms with Gasteiger partial charge in [-0.25, -0.2) is 8.42 Å². The second kappa shape index (κ2) is 5.34. The summed E-state index contributed by atoms with van der Waals surface area (Å²) in [5.41, 5.74) is 0.977. The third kappa shape index (κ3) is 3.65. The van der Waals surface area contributed by atoms with E-state index in [9.17, 15) is 8.42 Å².